The summed E-state index contributed by atoms with van der Waals surface area (Å²) in [5, 5.41) is 0. The minimum Gasteiger partial charge on any atom is -0.487 e. The van der Waals surface area contributed by atoms with Gasteiger partial charge in [0.05, 0.1) is 10.9 Å². The summed E-state index contributed by atoms with van der Waals surface area (Å²) < 4.78 is 47.8. The molecule has 0 fully saturated rings. The first-order valence-corrected chi connectivity index (χ1v) is 9.43. The number of nitrogens with two attached hydrogens (primary N) is 1. The zero-order valence-electron chi connectivity index (χ0n) is 14.7. The fourth-order valence-electron chi connectivity index (χ4n) is 2.97. The first-order chi connectivity index (χ1) is 11.6. The first-order valence-electron chi connectivity index (χ1n) is 7.94. The summed E-state index contributed by atoms with van der Waals surface area (Å²) in [7, 11) is -3.89. The van der Waals surface area contributed by atoms with Crippen molar-refractivity contribution in [3.63, 3.8) is 0 Å². The number of benzene rings is 2. The Bertz CT molecular complexity index is 932. The van der Waals surface area contributed by atoms with Crippen molar-refractivity contribution in [3.8, 4) is 5.75 Å². The van der Waals surface area contributed by atoms with E-state index in [1.54, 1.807) is 25.1 Å². The van der Waals surface area contributed by atoms with Crippen LogP contribution in [-0.2, 0) is 10.0 Å². The topological polar surface area (TPSA) is 81.4 Å². The van der Waals surface area contributed by atoms with E-state index in [0.717, 1.165) is 6.07 Å². The Hall–Kier alpha value is -1.83. The molecule has 2 aromatic carbocycles. The highest BCUT2D eigenvalue weighted by Crippen LogP contribution is 2.41. The second kappa shape index (κ2) is 7.06. The van der Waals surface area contributed by atoms with E-state index in [4.69, 9.17) is 10.5 Å². The smallest absolute Gasteiger partial charge is 0.241 e. The van der Waals surface area contributed by atoms with E-state index >= 15 is 0 Å². The number of fused-ring (bicyclic) bond motifs is 1. The molecule has 3 N–H and O–H groups in total. The second-order valence-electron chi connectivity index (χ2n) is 6.95. The molecule has 0 radical (unpaired) electrons. The van der Waals surface area contributed by atoms with Crippen LogP contribution in [0.3, 0.4) is 0 Å². The molecule has 2 aromatic rings. The molecule has 0 aliphatic carbocycles. The molecule has 0 amide bonds. The predicted molar refractivity (Wildman–Crippen MR) is 102 cm³/mol. The molecule has 8 heteroatoms. The maximum atomic E-state index is 13.8. The van der Waals surface area contributed by atoms with Crippen LogP contribution in [0.25, 0.3) is 0 Å². The van der Waals surface area contributed by atoms with Gasteiger partial charge in [0.15, 0.2) is 0 Å². The molecule has 0 aromatic heterocycles. The van der Waals surface area contributed by atoms with Gasteiger partial charge >= 0.3 is 0 Å². The average molecular weight is 401 g/mol. The third kappa shape index (κ3) is 4.11. The van der Waals surface area contributed by atoms with Gasteiger partial charge in [0.1, 0.15) is 17.2 Å². The molecule has 1 aliphatic rings. The Morgan fingerprint density at radius 2 is 1.92 bits per heavy atom. The van der Waals surface area contributed by atoms with Crippen molar-refractivity contribution < 1.29 is 17.5 Å². The lowest BCUT2D eigenvalue weighted by Crippen LogP contribution is -2.41. The molecule has 142 valence electrons. The second-order valence-corrected chi connectivity index (χ2v) is 8.66. The number of nitrogens with one attached hydrogen (secondary N) is 1. The van der Waals surface area contributed by atoms with Crippen LogP contribution < -0.4 is 15.2 Å². The summed E-state index contributed by atoms with van der Waals surface area (Å²) in [5.41, 5.74) is 6.88. The van der Waals surface area contributed by atoms with Crippen molar-refractivity contribution in [2.75, 3.05) is 5.73 Å². The minimum absolute atomic E-state index is 0. The van der Waals surface area contributed by atoms with Gasteiger partial charge in [-0.05, 0) is 56.7 Å². The van der Waals surface area contributed by atoms with Gasteiger partial charge < -0.3 is 10.5 Å². The standard InChI is InChI=1S/C18H21FN2O3S.ClH/c1-11-4-6-13(9-15(11)19)25(22,23)21-16-10-18(2,3)24-17-7-5-12(20)8-14(16)17;/h4-9,16,21H,10,20H2,1-3H3;1H. The monoisotopic (exact) mass is 400 g/mol. The van der Waals surface area contributed by atoms with Crippen LogP contribution in [0.15, 0.2) is 41.3 Å². The van der Waals surface area contributed by atoms with Gasteiger partial charge in [-0.2, -0.15) is 0 Å². The van der Waals surface area contributed by atoms with Gasteiger partial charge in [-0.25, -0.2) is 17.5 Å². The molecule has 0 saturated carbocycles. The van der Waals surface area contributed by atoms with Crippen molar-refractivity contribution in [3.05, 3.63) is 53.3 Å². The fourth-order valence-corrected chi connectivity index (χ4v) is 4.20. The highest BCUT2D eigenvalue weighted by Gasteiger charge is 2.36. The molecule has 26 heavy (non-hydrogen) atoms. The number of anilines is 1. The highest BCUT2D eigenvalue weighted by atomic mass is 35.5. The normalized spacial score (nSPS) is 18.4. The minimum atomic E-state index is -3.89. The molecule has 0 bridgehead atoms. The number of sulfonamides is 1. The molecule has 3 rings (SSSR count). The molecule has 1 aliphatic heterocycles. The van der Waals surface area contributed by atoms with E-state index in [1.807, 2.05) is 13.8 Å². The van der Waals surface area contributed by atoms with Gasteiger partial charge in [0.25, 0.3) is 0 Å². The molecular weight excluding hydrogens is 379 g/mol. The Morgan fingerprint density at radius 3 is 2.58 bits per heavy atom. The van der Waals surface area contributed by atoms with Crippen molar-refractivity contribution >= 4 is 28.1 Å². The van der Waals surface area contributed by atoms with Crippen molar-refractivity contribution in [1.29, 1.82) is 0 Å². The number of nitrogen functional groups attached to an aromatic ring is 1. The number of halogens is 2. The predicted octanol–water partition coefficient (Wildman–Crippen LogP) is 3.72. The third-order valence-corrected chi connectivity index (χ3v) is 5.71. The molecular formula is C18H22ClFN2O3S. The van der Waals surface area contributed by atoms with E-state index in [9.17, 15) is 12.8 Å². The quantitative estimate of drug-likeness (QED) is 0.769. The fraction of sp³-hybridized carbons (Fsp3) is 0.333. The molecule has 1 unspecified atom stereocenters. The maximum absolute atomic E-state index is 13.8. The number of aryl methyl sites for hydroxylation is 1. The van der Waals surface area contributed by atoms with E-state index in [0.29, 0.717) is 29.0 Å². The van der Waals surface area contributed by atoms with E-state index < -0.39 is 27.5 Å². The Kier molecular flexibility index (Phi) is 5.56. The van der Waals surface area contributed by atoms with Gasteiger partial charge in [-0.1, -0.05) is 6.07 Å². The van der Waals surface area contributed by atoms with Crippen molar-refractivity contribution in [1.82, 2.24) is 4.72 Å². The van der Waals surface area contributed by atoms with Crippen molar-refractivity contribution in [2.45, 2.75) is 43.7 Å². The van der Waals surface area contributed by atoms with Gasteiger partial charge in [0, 0.05) is 17.7 Å². The van der Waals surface area contributed by atoms with Crippen LogP contribution >= 0.6 is 12.4 Å². The zero-order chi connectivity index (χ0) is 18.4. The van der Waals surface area contributed by atoms with Crippen LogP contribution in [0.4, 0.5) is 10.1 Å². The Morgan fingerprint density at radius 1 is 1.23 bits per heavy atom. The molecule has 1 atom stereocenters. The van der Waals surface area contributed by atoms with Crippen LogP contribution in [0.1, 0.15) is 37.4 Å². The summed E-state index contributed by atoms with van der Waals surface area (Å²) in [6.45, 7) is 5.36. The van der Waals surface area contributed by atoms with Crippen molar-refractivity contribution in [2.24, 2.45) is 0 Å². The summed E-state index contributed by atoms with van der Waals surface area (Å²) in [6, 6.07) is 8.50. The van der Waals surface area contributed by atoms with E-state index in [1.165, 1.54) is 12.1 Å². The Labute approximate surface area is 159 Å². The third-order valence-electron chi connectivity index (χ3n) is 4.24. The Balaban J connectivity index is 0.00000243. The summed E-state index contributed by atoms with van der Waals surface area (Å²) in [5.74, 6) is 0.0352. The van der Waals surface area contributed by atoms with Crippen LogP contribution in [0.5, 0.6) is 5.75 Å². The van der Waals surface area contributed by atoms with Gasteiger partial charge in [-0.15, -0.1) is 12.4 Å². The zero-order valence-corrected chi connectivity index (χ0v) is 16.4. The van der Waals surface area contributed by atoms with E-state index in [2.05, 4.69) is 4.72 Å². The number of hydrogen-bond donors (Lipinski definition) is 2. The molecule has 1 heterocycles. The van der Waals surface area contributed by atoms with Crippen LogP contribution in [-0.4, -0.2) is 14.0 Å². The molecule has 0 spiro atoms. The number of hydrogen-bond acceptors (Lipinski definition) is 4. The summed E-state index contributed by atoms with van der Waals surface area (Å²) >= 11 is 0. The van der Waals surface area contributed by atoms with E-state index in [-0.39, 0.29) is 17.3 Å². The average Bonchev–Trinajstić information content (AvgIpc) is 2.49. The number of ether oxygens (including phenoxy) is 1. The largest absolute Gasteiger partial charge is 0.487 e. The lowest BCUT2D eigenvalue weighted by Gasteiger charge is -2.37. The summed E-state index contributed by atoms with van der Waals surface area (Å²) in [6.07, 6.45) is 0.428. The molecule has 0 saturated heterocycles. The SMILES string of the molecule is Cc1ccc(S(=O)(=O)NC2CC(C)(C)Oc3ccc(N)cc32)cc1F.Cl. The van der Waals surface area contributed by atoms with Gasteiger partial charge in [-0.3, -0.25) is 0 Å². The first kappa shape index (κ1) is 20.5. The van der Waals surface area contributed by atoms with Crippen LogP contribution in [0, 0.1) is 12.7 Å². The molecule has 5 nitrogen and oxygen atoms in total. The lowest BCUT2D eigenvalue weighted by molar-refractivity contribution is 0.0702. The highest BCUT2D eigenvalue weighted by molar-refractivity contribution is 7.89. The lowest BCUT2D eigenvalue weighted by atomic mass is 9.90. The van der Waals surface area contributed by atoms with Crippen LogP contribution in [0.2, 0.25) is 0 Å². The van der Waals surface area contributed by atoms with Gasteiger partial charge in [0.2, 0.25) is 10.0 Å². The number of rotatable bonds is 3. The summed E-state index contributed by atoms with van der Waals surface area (Å²) in [4.78, 5) is -0.106. The maximum Gasteiger partial charge on any atom is 0.241 e.